The van der Waals surface area contributed by atoms with Crippen LogP contribution in [0, 0.1) is 0 Å². The molecule has 0 saturated heterocycles. The van der Waals surface area contributed by atoms with Gasteiger partial charge in [0.15, 0.2) is 0 Å². The van der Waals surface area contributed by atoms with Gasteiger partial charge < -0.3 is 15.2 Å². The maximum absolute atomic E-state index is 11.6. The summed E-state index contributed by atoms with van der Waals surface area (Å²) >= 11 is 0. The van der Waals surface area contributed by atoms with Gasteiger partial charge >= 0.3 is 6.09 Å². The Morgan fingerprint density at radius 2 is 1.38 bits per heavy atom. The molecule has 0 unspecified atom stereocenters. The van der Waals surface area contributed by atoms with Crippen molar-refractivity contribution < 1.29 is 14.6 Å². The van der Waals surface area contributed by atoms with E-state index in [0.717, 1.165) is 50.8 Å². The normalized spacial score (nSPS) is 11.6. The lowest BCUT2D eigenvalue weighted by atomic mass is 10.1. The van der Waals surface area contributed by atoms with Crippen LogP contribution in [0.15, 0.2) is 6.20 Å². The van der Waals surface area contributed by atoms with Crippen LogP contribution < -0.4 is 5.32 Å². The van der Waals surface area contributed by atoms with Gasteiger partial charge in [-0.3, -0.25) is 4.68 Å². The zero-order valence-corrected chi connectivity index (χ0v) is 22.3. The molecule has 7 heteroatoms. The Balaban J connectivity index is 1.82. The van der Waals surface area contributed by atoms with Gasteiger partial charge in [-0.1, -0.05) is 82.3 Å². The van der Waals surface area contributed by atoms with E-state index in [1.165, 1.54) is 70.6 Å². The third-order valence-electron chi connectivity index (χ3n) is 5.91. The summed E-state index contributed by atoms with van der Waals surface area (Å²) in [5.41, 5.74) is 0.676. The molecule has 0 aliphatic carbocycles. The average molecular weight is 481 g/mol. The number of amides is 1. The van der Waals surface area contributed by atoms with Crippen molar-refractivity contribution in [2.45, 2.75) is 142 Å². The van der Waals surface area contributed by atoms with Crippen molar-refractivity contribution in [3.05, 3.63) is 11.9 Å². The van der Waals surface area contributed by atoms with Gasteiger partial charge in [-0.2, -0.15) is 0 Å². The fraction of sp³-hybridized carbons (Fsp3) is 0.889. The number of alkyl carbamates (subject to hydrolysis) is 1. The summed E-state index contributed by atoms with van der Waals surface area (Å²) in [4.78, 5) is 11.6. The number of aryl methyl sites for hydroxylation is 2. The second kappa shape index (κ2) is 19.7. The molecule has 7 nitrogen and oxygen atoms in total. The Morgan fingerprint density at radius 1 is 0.853 bits per heavy atom. The number of unbranched alkanes of at least 4 members (excludes halogenated alkanes) is 14. The van der Waals surface area contributed by atoms with Gasteiger partial charge in [0.2, 0.25) is 0 Å². The van der Waals surface area contributed by atoms with Gasteiger partial charge in [0.25, 0.3) is 0 Å². The third kappa shape index (κ3) is 18.8. The Morgan fingerprint density at radius 3 is 1.97 bits per heavy atom. The van der Waals surface area contributed by atoms with Gasteiger partial charge in [-0.15, -0.1) is 5.10 Å². The number of carbonyl (C=O) groups is 1. The second-order valence-corrected chi connectivity index (χ2v) is 10.5. The topological polar surface area (TPSA) is 89.3 Å². The summed E-state index contributed by atoms with van der Waals surface area (Å²) in [5, 5.41) is 20.2. The summed E-state index contributed by atoms with van der Waals surface area (Å²) in [6.07, 6.45) is 22.3. The number of aromatic nitrogens is 3. The van der Waals surface area contributed by atoms with E-state index in [-0.39, 0.29) is 6.09 Å². The molecule has 0 radical (unpaired) electrons. The van der Waals surface area contributed by atoms with E-state index < -0.39 is 5.60 Å². The van der Waals surface area contributed by atoms with Crippen LogP contribution in [-0.4, -0.2) is 44.9 Å². The zero-order valence-electron chi connectivity index (χ0n) is 22.3. The number of nitrogens with one attached hydrogen (secondary N) is 1. The zero-order chi connectivity index (χ0) is 24.9. The quantitative estimate of drug-likeness (QED) is 0.194. The smallest absolute Gasteiger partial charge is 0.407 e. The second-order valence-electron chi connectivity index (χ2n) is 10.5. The number of hydrogen-bond acceptors (Lipinski definition) is 5. The van der Waals surface area contributed by atoms with Crippen molar-refractivity contribution in [2.75, 3.05) is 13.2 Å². The van der Waals surface area contributed by atoms with Crippen LogP contribution in [0.25, 0.3) is 0 Å². The number of rotatable bonds is 21. The predicted octanol–water partition coefficient (Wildman–Crippen LogP) is 6.58. The number of ether oxygens (including phenoxy) is 1. The minimum absolute atomic E-state index is 0.301. The van der Waals surface area contributed by atoms with E-state index in [9.17, 15) is 4.79 Å². The number of carbonyl (C=O) groups excluding carboxylic acids is 1. The molecule has 198 valence electrons. The Hall–Kier alpha value is -1.63. The average Bonchev–Trinajstić information content (AvgIpc) is 3.22. The highest BCUT2D eigenvalue weighted by molar-refractivity contribution is 5.67. The molecule has 1 aromatic heterocycles. The molecule has 2 N–H and O–H groups in total. The standard InChI is InChI=1S/C27H52N4O3/c1-27(2,3)34-26(33)28-21-17-13-10-8-6-4-5-7-9-11-14-18-22-31-24-25(29-30-31)20-16-12-15-19-23-32/h24,32H,4-23H2,1-3H3,(H,28,33). The van der Waals surface area contributed by atoms with Gasteiger partial charge in [0.1, 0.15) is 5.60 Å². The monoisotopic (exact) mass is 480 g/mol. The Labute approximate surface area is 208 Å². The molecular weight excluding hydrogens is 428 g/mol. The summed E-state index contributed by atoms with van der Waals surface area (Å²) in [6, 6.07) is 0. The Bertz CT molecular complexity index is 613. The van der Waals surface area contributed by atoms with Crippen LogP contribution in [0.4, 0.5) is 4.79 Å². The molecule has 0 bridgehead atoms. The van der Waals surface area contributed by atoms with Crippen molar-refractivity contribution in [1.82, 2.24) is 20.3 Å². The Kier molecular flexibility index (Phi) is 17.6. The molecular formula is C27H52N4O3. The van der Waals surface area contributed by atoms with Crippen LogP contribution in [0.3, 0.4) is 0 Å². The van der Waals surface area contributed by atoms with E-state index in [0.29, 0.717) is 13.2 Å². The fourth-order valence-corrected chi connectivity index (χ4v) is 4.01. The molecule has 0 aliphatic heterocycles. The van der Waals surface area contributed by atoms with E-state index in [1.807, 2.05) is 25.5 Å². The maximum Gasteiger partial charge on any atom is 0.407 e. The minimum Gasteiger partial charge on any atom is -0.444 e. The SMILES string of the molecule is CC(C)(C)OC(=O)NCCCCCCCCCCCCCCn1cc(CCCCCCO)nn1. The summed E-state index contributed by atoms with van der Waals surface area (Å²) in [5.74, 6) is 0. The summed E-state index contributed by atoms with van der Waals surface area (Å²) < 4.78 is 7.23. The molecule has 0 saturated carbocycles. The number of hydrogen-bond donors (Lipinski definition) is 2. The molecule has 34 heavy (non-hydrogen) atoms. The lowest BCUT2D eigenvalue weighted by Crippen LogP contribution is -2.32. The van der Waals surface area contributed by atoms with Gasteiger partial charge in [0.05, 0.1) is 5.69 Å². The van der Waals surface area contributed by atoms with Crippen LogP contribution in [-0.2, 0) is 17.7 Å². The largest absolute Gasteiger partial charge is 0.444 e. The highest BCUT2D eigenvalue weighted by Gasteiger charge is 2.15. The molecule has 0 atom stereocenters. The first-order chi connectivity index (χ1) is 16.4. The number of aliphatic hydroxyl groups excluding tert-OH is 1. The van der Waals surface area contributed by atoms with Gasteiger partial charge in [0, 0.05) is 25.9 Å². The highest BCUT2D eigenvalue weighted by atomic mass is 16.6. The molecule has 1 rings (SSSR count). The molecule has 0 aromatic carbocycles. The maximum atomic E-state index is 11.6. The van der Waals surface area contributed by atoms with Gasteiger partial charge in [-0.25, -0.2) is 4.79 Å². The first-order valence-electron chi connectivity index (χ1n) is 13.9. The molecule has 1 heterocycles. The van der Waals surface area contributed by atoms with Crippen molar-refractivity contribution in [3.8, 4) is 0 Å². The number of nitrogens with zero attached hydrogens (tertiary/aromatic N) is 3. The lowest BCUT2D eigenvalue weighted by Gasteiger charge is -2.19. The van der Waals surface area contributed by atoms with Crippen LogP contribution in [0.5, 0.6) is 0 Å². The lowest BCUT2D eigenvalue weighted by molar-refractivity contribution is 0.0527. The third-order valence-corrected chi connectivity index (χ3v) is 5.91. The van der Waals surface area contributed by atoms with E-state index >= 15 is 0 Å². The summed E-state index contributed by atoms with van der Waals surface area (Å²) in [7, 11) is 0. The molecule has 0 spiro atoms. The van der Waals surface area contributed by atoms with Crippen molar-refractivity contribution >= 4 is 6.09 Å². The van der Waals surface area contributed by atoms with Crippen molar-refractivity contribution in [3.63, 3.8) is 0 Å². The van der Waals surface area contributed by atoms with Crippen LogP contribution >= 0.6 is 0 Å². The predicted molar refractivity (Wildman–Crippen MR) is 139 cm³/mol. The van der Waals surface area contributed by atoms with Gasteiger partial charge in [-0.05, 0) is 52.9 Å². The first kappa shape index (κ1) is 30.4. The molecule has 0 aliphatic rings. The molecule has 1 aromatic rings. The highest BCUT2D eigenvalue weighted by Crippen LogP contribution is 2.13. The van der Waals surface area contributed by atoms with E-state index in [4.69, 9.17) is 9.84 Å². The molecule has 0 fully saturated rings. The van der Waals surface area contributed by atoms with E-state index in [2.05, 4.69) is 21.8 Å². The number of aliphatic hydroxyl groups is 1. The minimum atomic E-state index is -0.422. The summed E-state index contributed by atoms with van der Waals surface area (Å²) in [6.45, 7) is 7.63. The fourth-order valence-electron chi connectivity index (χ4n) is 4.01. The van der Waals surface area contributed by atoms with Crippen LogP contribution in [0.2, 0.25) is 0 Å². The van der Waals surface area contributed by atoms with Crippen molar-refractivity contribution in [2.24, 2.45) is 0 Å². The van der Waals surface area contributed by atoms with Crippen LogP contribution in [0.1, 0.15) is 129 Å². The van der Waals surface area contributed by atoms with Crippen molar-refractivity contribution in [1.29, 1.82) is 0 Å². The van der Waals surface area contributed by atoms with E-state index in [1.54, 1.807) is 0 Å². The molecule has 1 amide bonds. The first-order valence-corrected chi connectivity index (χ1v) is 13.9.